The molecule has 7 nitrogen and oxygen atoms in total. The molecule has 0 spiro atoms. The molecule has 0 saturated carbocycles. The van der Waals surface area contributed by atoms with Crippen molar-refractivity contribution in [2.75, 3.05) is 0 Å². The summed E-state index contributed by atoms with van der Waals surface area (Å²) in [6.07, 6.45) is 0. The van der Waals surface area contributed by atoms with Crippen LogP contribution < -0.4 is 0 Å². The van der Waals surface area contributed by atoms with Gasteiger partial charge in [-0.15, -0.1) is 0 Å². The van der Waals surface area contributed by atoms with Crippen LogP contribution in [0, 0.1) is 29.7 Å². The van der Waals surface area contributed by atoms with Gasteiger partial charge in [-0.1, -0.05) is 170 Å². The van der Waals surface area contributed by atoms with Crippen LogP contribution >= 0.6 is 31.9 Å². The van der Waals surface area contributed by atoms with Crippen molar-refractivity contribution < 1.29 is 17.1 Å². The van der Waals surface area contributed by atoms with E-state index >= 15 is 0 Å². The standard InChI is InChI=1S/C34H14N4.C32H14Br2N2.CN.Cu/c1-36-30-21-11-5-4-10-19(21)29-27-22(30)13-7-15-24(27)32-34(29)37-31-23-14-6-12-20-25(16-35)17-8-2-3-9-18(17)28(26(20)23)33(31)38-32;33-27-17-9-3-1-7-15(17)25-23-19(27)11-5-13-21(23)29-31(25)35-30-22-14-6-12-20-24(22)26(32(30)36-29)16-8-2-4-10-18(16)28(20)34;1-2;/h2-15H;1-14H;;/q;;-1;+1. The zero-order chi connectivity index (χ0) is 50.8. The topological polar surface area (TPSA) is 103 Å². The van der Waals surface area contributed by atoms with E-state index in [4.69, 9.17) is 38.3 Å². The molecule has 0 unspecified atom stereocenters. The molecule has 10 heteroatoms. The van der Waals surface area contributed by atoms with Gasteiger partial charge in [-0.25, -0.2) is 24.8 Å². The molecule has 0 saturated heterocycles. The van der Waals surface area contributed by atoms with Gasteiger partial charge >= 0.3 is 17.1 Å². The molecule has 356 valence electrons. The maximum Gasteiger partial charge on any atom is 1.00 e. The Morgan fingerprint density at radius 3 is 0.974 bits per heavy atom. The van der Waals surface area contributed by atoms with Crippen molar-refractivity contribution in [2.24, 2.45) is 0 Å². The van der Waals surface area contributed by atoms with Crippen LogP contribution in [0.4, 0.5) is 5.69 Å². The molecule has 77 heavy (non-hydrogen) atoms. The number of nitriles is 1. The molecular formula is C67H28Br2CuN7. The van der Waals surface area contributed by atoms with E-state index in [1.807, 2.05) is 60.7 Å². The predicted octanol–water partition coefficient (Wildman–Crippen LogP) is 19.2. The van der Waals surface area contributed by atoms with Gasteiger partial charge in [0.1, 0.15) is 6.07 Å². The Labute approximate surface area is 463 Å². The molecule has 0 amide bonds. The van der Waals surface area contributed by atoms with Crippen LogP contribution in [0.3, 0.4) is 0 Å². The number of rotatable bonds is 0. The van der Waals surface area contributed by atoms with Crippen LogP contribution in [0.5, 0.6) is 0 Å². The van der Waals surface area contributed by atoms with Crippen molar-refractivity contribution >= 4 is 211 Å². The molecule has 2 heterocycles. The van der Waals surface area contributed by atoms with E-state index in [-0.39, 0.29) is 17.1 Å². The second kappa shape index (κ2) is 16.4. The van der Waals surface area contributed by atoms with Gasteiger partial charge < -0.3 is 11.8 Å². The average molecular weight is 1150 g/mol. The van der Waals surface area contributed by atoms with Gasteiger partial charge in [-0.05, 0) is 91.1 Å². The molecule has 16 aromatic carbocycles. The second-order valence-corrected chi connectivity index (χ2v) is 21.0. The quantitative estimate of drug-likeness (QED) is 0.0851. The van der Waals surface area contributed by atoms with Gasteiger partial charge in [0.25, 0.3) is 0 Å². The van der Waals surface area contributed by atoms with Crippen molar-refractivity contribution in [1.82, 2.24) is 19.9 Å². The number of nitrogens with zero attached hydrogens (tertiary/aromatic N) is 7. The van der Waals surface area contributed by atoms with Crippen LogP contribution in [-0.2, 0) is 17.1 Å². The smallest absolute Gasteiger partial charge is 0.512 e. The Balaban J connectivity index is 0.000000129. The van der Waals surface area contributed by atoms with Gasteiger partial charge in [-0.2, -0.15) is 5.26 Å². The fourth-order valence-corrected chi connectivity index (χ4v) is 14.5. The van der Waals surface area contributed by atoms with Crippen LogP contribution in [0.1, 0.15) is 5.56 Å². The summed E-state index contributed by atoms with van der Waals surface area (Å²) in [7, 11) is 0. The molecule has 18 aromatic rings. The van der Waals surface area contributed by atoms with Crippen molar-refractivity contribution in [2.45, 2.75) is 0 Å². The largest absolute Gasteiger partial charge is 1.00 e. The van der Waals surface area contributed by atoms with Crippen LogP contribution in [0.15, 0.2) is 179 Å². The number of hydrogen-bond acceptors (Lipinski definition) is 6. The van der Waals surface area contributed by atoms with Gasteiger partial charge in [0.2, 0.25) is 5.69 Å². The second-order valence-electron chi connectivity index (χ2n) is 19.4. The van der Waals surface area contributed by atoms with E-state index in [1.54, 1.807) is 0 Å². The summed E-state index contributed by atoms with van der Waals surface area (Å²) >= 11 is 7.81. The fourth-order valence-electron chi connectivity index (χ4n) is 13.1. The molecule has 0 atom stereocenters. The summed E-state index contributed by atoms with van der Waals surface area (Å²) in [6.45, 7) is 12.7. The first-order valence-electron chi connectivity index (χ1n) is 24.6. The van der Waals surface area contributed by atoms with Crippen LogP contribution in [-0.4, -0.2) is 19.9 Å². The Bertz CT molecular complexity index is 5390. The third-order valence-electron chi connectivity index (χ3n) is 16.0. The summed E-state index contributed by atoms with van der Waals surface area (Å²) in [6, 6.07) is 61.2. The van der Waals surface area contributed by atoms with Crippen molar-refractivity contribution in [3.8, 4) is 6.07 Å². The Kier molecular flexibility index (Phi) is 9.64. The molecule has 0 aliphatic carbocycles. The molecule has 0 aliphatic rings. The number of aromatic nitrogens is 4. The van der Waals surface area contributed by atoms with E-state index in [9.17, 15) is 5.26 Å². The van der Waals surface area contributed by atoms with E-state index in [0.717, 1.165) is 128 Å². The number of benzene rings is 12. The minimum Gasteiger partial charge on any atom is -0.512 e. The molecule has 2 aromatic heterocycles. The predicted molar refractivity (Wildman–Crippen MR) is 320 cm³/mol. The summed E-state index contributed by atoms with van der Waals surface area (Å²) < 4.78 is 2.26. The first-order valence-corrected chi connectivity index (χ1v) is 26.2. The Morgan fingerprint density at radius 1 is 0.312 bits per heavy atom. The summed E-state index contributed by atoms with van der Waals surface area (Å²) in [4.78, 5) is 25.5. The van der Waals surface area contributed by atoms with Gasteiger partial charge in [0.15, 0.2) is 0 Å². The molecular weight excluding hydrogens is 1130 g/mol. The third-order valence-corrected chi connectivity index (χ3v) is 17.7. The minimum atomic E-state index is 0. The van der Waals surface area contributed by atoms with Crippen molar-refractivity contribution in [3.63, 3.8) is 0 Å². The molecule has 0 radical (unpaired) electrons. The van der Waals surface area contributed by atoms with Crippen molar-refractivity contribution in [1.29, 1.82) is 10.5 Å². The monoisotopic (exact) mass is 1150 g/mol. The first-order chi connectivity index (χ1) is 37.5. The van der Waals surface area contributed by atoms with E-state index < -0.39 is 0 Å². The Hall–Kier alpha value is -9.17. The van der Waals surface area contributed by atoms with E-state index in [1.165, 1.54) is 53.9 Å². The minimum absolute atomic E-state index is 0. The van der Waals surface area contributed by atoms with Crippen molar-refractivity contribution in [3.05, 3.63) is 202 Å². The summed E-state index contributed by atoms with van der Waals surface area (Å²) in [5.41, 5.74) is 8.70. The zero-order valence-corrected chi connectivity index (χ0v) is 44.0. The fraction of sp³-hybridized carbons (Fsp3) is 0. The maximum atomic E-state index is 10.1. The molecule has 0 aliphatic heterocycles. The number of halogens is 2. The molecule has 18 rings (SSSR count). The summed E-state index contributed by atoms with van der Waals surface area (Å²) in [5.74, 6) is 0. The van der Waals surface area contributed by atoms with Gasteiger partial charge in [-0.3, -0.25) is 0 Å². The van der Waals surface area contributed by atoms with Gasteiger partial charge in [0, 0.05) is 79.0 Å². The average Bonchev–Trinajstić information content (AvgIpc) is 4.41. The first kappa shape index (κ1) is 45.2. The molecule has 0 N–H and O–H groups in total. The normalized spacial score (nSPS) is 12.0. The van der Waals surface area contributed by atoms with Crippen LogP contribution in [0.2, 0.25) is 0 Å². The van der Waals surface area contributed by atoms with E-state index in [0.29, 0.717) is 11.3 Å². The van der Waals surface area contributed by atoms with Gasteiger partial charge in [0.05, 0.1) is 56.3 Å². The van der Waals surface area contributed by atoms with E-state index in [2.05, 4.69) is 152 Å². The summed E-state index contributed by atoms with van der Waals surface area (Å²) in [5, 5.41) is 42.8. The number of fused-ring (bicyclic) bond motifs is 20. The molecule has 0 fully saturated rings. The third kappa shape index (κ3) is 5.66. The number of hydrogen-bond donors (Lipinski definition) is 0. The zero-order valence-electron chi connectivity index (χ0n) is 39.9. The molecule has 0 bridgehead atoms. The maximum absolute atomic E-state index is 10.1. The Morgan fingerprint density at radius 2 is 0.584 bits per heavy atom. The van der Waals surface area contributed by atoms with Crippen LogP contribution in [0.25, 0.3) is 178 Å². The SMILES string of the molecule is Brc1c2ccccc2c2c3nc4c5cccc6c(Br)c7ccccc7c(c4nc3c3cccc1c32)c65.[C-]#N.[C-]#[N+]c1c2ccccc2c2c3nc4c5cccc6c(C#N)c7ccccc7c(c4nc3c3cccc1c32)c65.[Cu+].